The minimum Gasteiger partial charge on any atom is -0.345 e. The largest absolute Gasteiger partial charge is 0.345 e. The topological polar surface area (TPSA) is 71.4 Å². The number of anilines is 1. The molecule has 8 heteroatoms. The molecule has 1 N–H and O–H groups in total. The van der Waals surface area contributed by atoms with Gasteiger partial charge in [-0.2, -0.15) is 4.31 Å². The lowest BCUT2D eigenvalue weighted by Crippen LogP contribution is -2.37. The monoisotopic (exact) mass is 395 g/mol. The van der Waals surface area contributed by atoms with Crippen LogP contribution in [-0.2, 0) is 17.1 Å². The molecular weight excluding hydrogens is 374 g/mol. The molecule has 2 heterocycles. The quantitative estimate of drug-likeness (QED) is 0.862. The molecule has 0 saturated carbocycles. The van der Waals surface area contributed by atoms with Crippen molar-refractivity contribution < 1.29 is 13.2 Å². The Bertz CT molecular complexity index is 898. The summed E-state index contributed by atoms with van der Waals surface area (Å²) in [6.07, 6.45) is 3.20. The number of sulfonamides is 1. The first-order valence-corrected chi connectivity index (χ1v) is 10.3. The Morgan fingerprint density at radius 1 is 1.19 bits per heavy atom. The summed E-state index contributed by atoms with van der Waals surface area (Å²) in [6.45, 7) is 3.17. The SMILES string of the molecule is CC1CCN(S(=O)(=O)c2cc(C(=O)Nc3ccc(Cl)cc3)n(C)c2)CC1. The van der Waals surface area contributed by atoms with E-state index in [4.69, 9.17) is 11.6 Å². The van der Waals surface area contributed by atoms with Crippen LogP contribution in [0, 0.1) is 5.92 Å². The summed E-state index contributed by atoms with van der Waals surface area (Å²) in [4.78, 5) is 12.7. The predicted molar refractivity (Wildman–Crippen MR) is 102 cm³/mol. The molecule has 0 atom stereocenters. The second-order valence-corrected chi connectivity index (χ2v) is 9.09. The highest BCUT2D eigenvalue weighted by Crippen LogP contribution is 2.25. The van der Waals surface area contributed by atoms with Gasteiger partial charge in [-0.1, -0.05) is 18.5 Å². The second kappa shape index (κ2) is 7.42. The van der Waals surface area contributed by atoms with E-state index in [0.717, 1.165) is 12.8 Å². The number of nitrogens with zero attached hydrogens (tertiary/aromatic N) is 2. The van der Waals surface area contributed by atoms with Gasteiger partial charge in [0.1, 0.15) is 10.6 Å². The lowest BCUT2D eigenvalue weighted by atomic mass is 10.0. The molecule has 0 spiro atoms. The van der Waals surface area contributed by atoms with E-state index in [0.29, 0.717) is 29.7 Å². The Morgan fingerprint density at radius 3 is 2.42 bits per heavy atom. The van der Waals surface area contributed by atoms with Crippen molar-refractivity contribution in [1.29, 1.82) is 0 Å². The van der Waals surface area contributed by atoms with Crippen LogP contribution < -0.4 is 5.32 Å². The fourth-order valence-electron chi connectivity index (χ4n) is 3.00. The molecule has 1 aliphatic rings. The molecule has 3 rings (SSSR count). The summed E-state index contributed by atoms with van der Waals surface area (Å²) in [6, 6.07) is 8.16. The summed E-state index contributed by atoms with van der Waals surface area (Å²) >= 11 is 5.84. The molecule has 1 aliphatic heterocycles. The van der Waals surface area contributed by atoms with E-state index in [1.807, 2.05) is 0 Å². The first kappa shape index (κ1) is 18.9. The van der Waals surface area contributed by atoms with Crippen LogP contribution in [-0.4, -0.2) is 36.3 Å². The van der Waals surface area contributed by atoms with Crippen molar-refractivity contribution in [1.82, 2.24) is 8.87 Å². The minimum absolute atomic E-state index is 0.149. The molecule has 0 unspecified atom stereocenters. The second-order valence-electron chi connectivity index (χ2n) is 6.72. The molecule has 0 aliphatic carbocycles. The number of hydrogen-bond acceptors (Lipinski definition) is 3. The first-order chi connectivity index (χ1) is 12.3. The number of aryl methyl sites for hydroxylation is 1. The van der Waals surface area contributed by atoms with Gasteiger partial charge >= 0.3 is 0 Å². The fourth-order valence-corrected chi connectivity index (χ4v) is 4.67. The van der Waals surface area contributed by atoms with E-state index in [1.54, 1.807) is 31.3 Å². The van der Waals surface area contributed by atoms with Crippen molar-refractivity contribution >= 4 is 33.2 Å². The van der Waals surface area contributed by atoms with Crippen molar-refractivity contribution in [2.45, 2.75) is 24.7 Å². The zero-order valence-electron chi connectivity index (χ0n) is 14.8. The average Bonchev–Trinajstić information content (AvgIpc) is 3.00. The number of carbonyl (C=O) groups excluding carboxylic acids is 1. The maximum atomic E-state index is 12.8. The third-order valence-corrected chi connectivity index (χ3v) is 6.81. The van der Waals surface area contributed by atoms with Crippen LogP contribution >= 0.6 is 11.6 Å². The molecule has 1 aromatic heterocycles. The predicted octanol–water partition coefficient (Wildman–Crippen LogP) is 3.35. The standard InChI is InChI=1S/C18H22ClN3O3S/c1-13-7-9-22(10-8-13)26(24,25)16-11-17(21(2)12-16)18(23)20-15-5-3-14(19)4-6-15/h3-6,11-13H,7-10H2,1-2H3,(H,20,23). The summed E-state index contributed by atoms with van der Waals surface area (Å²) in [5.74, 6) is 0.168. The van der Waals surface area contributed by atoms with Crippen LogP contribution in [0.2, 0.25) is 5.02 Å². The number of nitrogens with one attached hydrogen (secondary N) is 1. The van der Waals surface area contributed by atoms with Gasteiger partial charge in [0.25, 0.3) is 5.91 Å². The van der Waals surface area contributed by atoms with Gasteiger partial charge < -0.3 is 9.88 Å². The molecule has 1 fully saturated rings. The van der Waals surface area contributed by atoms with Gasteiger partial charge in [0, 0.05) is 37.0 Å². The van der Waals surface area contributed by atoms with E-state index in [9.17, 15) is 13.2 Å². The van der Waals surface area contributed by atoms with Crippen molar-refractivity contribution in [3.63, 3.8) is 0 Å². The number of aromatic nitrogens is 1. The van der Waals surface area contributed by atoms with Crippen LogP contribution in [0.3, 0.4) is 0 Å². The van der Waals surface area contributed by atoms with E-state index < -0.39 is 10.0 Å². The van der Waals surface area contributed by atoms with Crippen LogP contribution in [0.25, 0.3) is 0 Å². The highest BCUT2D eigenvalue weighted by atomic mass is 35.5. The Balaban J connectivity index is 1.79. The summed E-state index contributed by atoms with van der Waals surface area (Å²) < 4.78 is 28.7. The number of hydrogen-bond donors (Lipinski definition) is 1. The Kier molecular flexibility index (Phi) is 5.41. The van der Waals surface area contributed by atoms with Crippen LogP contribution in [0.15, 0.2) is 41.4 Å². The molecule has 0 radical (unpaired) electrons. The fraction of sp³-hybridized carbons (Fsp3) is 0.389. The molecule has 6 nitrogen and oxygen atoms in total. The lowest BCUT2D eigenvalue weighted by Gasteiger charge is -2.29. The highest BCUT2D eigenvalue weighted by molar-refractivity contribution is 7.89. The molecule has 1 saturated heterocycles. The average molecular weight is 396 g/mol. The third kappa shape index (κ3) is 3.95. The lowest BCUT2D eigenvalue weighted by molar-refractivity contribution is 0.101. The summed E-state index contributed by atoms with van der Waals surface area (Å²) in [5, 5.41) is 3.32. The van der Waals surface area contributed by atoms with E-state index >= 15 is 0 Å². The number of carbonyl (C=O) groups is 1. The van der Waals surface area contributed by atoms with Crippen molar-refractivity contribution in [2.75, 3.05) is 18.4 Å². The van der Waals surface area contributed by atoms with Gasteiger partial charge in [-0.05, 0) is 49.1 Å². The van der Waals surface area contributed by atoms with Crippen LogP contribution in [0.5, 0.6) is 0 Å². The van der Waals surface area contributed by atoms with Crippen molar-refractivity contribution in [3.05, 3.63) is 47.2 Å². The third-order valence-electron chi connectivity index (χ3n) is 4.69. The van der Waals surface area contributed by atoms with E-state index in [1.165, 1.54) is 21.1 Å². The summed E-state index contributed by atoms with van der Waals surface area (Å²) in [7, 11) is -1.92. The zero-order valence-corrected chi connectivity index (χ0v) is 16.3. The van der Waals surface area contributed by atoms with Crippen LogP contribution in [0.4, 0.5) is 5.69 Å². The molecule has 2 aromatic rings. The minimum atomic E-state index is -3.58. The van der Waals surface area contributed by atoms with Gasteiger partial charge in [0.05, 0.1) is 0 Å². The maximum absolute atomic E-state index is 12.8. The van der Waals surface area contributed by atoms with Gasteiger partial charge in [-0.3, -0.25) is 4.79 Å². The number of piperidine rings is 1. The smallest absolute Gasteiger partial charge is 0.272 e. The normalized spacial score (nSPS) is 16.6. The van der Waals surface area contributed by atoms with Crippen molar-refractivity contribution in [3.8, 4) is 0 Å². The van der Waals surface area contributed by atoms with Crippen molar-refractivity contribution in [2.24, 2.45) is 13.0 Å². The number of amides is 1. The van der Waals surface area contributed by atoms with Gasteiger partial charge in [0.15, 0.2) is 0 Å². The van der Waals surface area contributed by atoms with Gasteiger partial charge in [0.2, 0.25) is 10.0 Å². The zero-order chi connectivity index (χ0) is 18.9. The molecule has 140 valence electrons. The highest BCUT2D eigenvalue weighted by Gasteiger charge is 2.30. The van der Waals surface area contributed by atoms with Crippen LogP contribution in [0.1, 0.15) is 30.3 Å². The van der Waals surface area contributed by atoms with E-state index in [2.05, 4.69) is 12.2 Å². The molecule has 26 heavy (non-hydrogen) atoms. The number of benzene rings is 1. The Labute approximate surface area is 158 Å². The number of rotatable bonds is 4. The van der Waals surface area contributed by atoms with Gasteiger partial charge in [-0.15, -0.1) is 0 Å². The molecule has 1 aromatic carbocycles. The maximum Gasteiger partial charge on any atom is 0.272 e. The Hall–Kier alpha value is -1.83. The van der Waals surface area contributed by atoms with Gasteiger partial charge in [-0.25, -0.2) is 8.42 Å². The molecule has 1 amide bonds. The number of halogens is 1. The first-order valence-electron chi connectivity index (χ1n) is 8.51. The van der Waals surface area contributed by atoms with E-state index in [-0.39, 0.29) is 16.5 Å². The molecular formula is C18H22ClN3O3S. The summed E-state index contributed by atoms with van der Waals surface area (Å²) in [5.41, 5.74) is 0.874. The Morgan fingerprint density at radius 2 is 1.81 bits per heavy atom. The molecule has 0 bridgehead atoms.